The highest BCUT2D eigenvalue weighted by Gasteiger charge is 2.18. The van der Waals surface area contributed by atoms with Crippen molar-refractivity contribution >= 4 is 17.7 Å². The van der Waals surface area contributed by atoms with E-state index >= 15 is 0 Å². The number of amides is 1. The van der Waals surface area contributed by atoms with Crippen molar-refractivity contribution in [2.75, 3.05) is 13.6 Å². The van der Waals surface area contributed by atoms with E-state index in [-0.39, 0.29) is 24.7 Å². The molecular formula is C11H16N4O5. The number of aromatic nitrogens is 2. The first-order valence-corrected chi connectivity index (χ1v) is 5.95. The number of carbonyl (C=O) groups is 2. The number of nitrogens with zero attached hydrogens (tertiary/aromatic N) is 4. The van der Waals surface area contributed by atoms with Crippen LogP contribution in [0.5, 0.6) is 0 Å². The summed E-state index contributed by atoms with van der Waals surface area (Å²) in [4.78, 5) is 37.3. The Bertz CT molecular complexity index is 525. The average molecular weight is 284 g/mol. The van der Waals surface area contributed by atoms with Crippen molar-refractivity contribution in [3.8, 4) is 0 Å². The van der Waals surface area contributed by atoms with Gasteiger partial charge in [0.15, 0.2) is 0 Å². The average Bonchev–Trinajstić information content (AvgIpc) is 2.70. The number of carboxylic acids is 1. The first-order chi connectivity index (χ1) is 9.31. The maximum absolute atomic E-state index is 11.9. The summed E-state index contributed by atoms with van der Waals surface area (Å²) in [6, 6.07) is 0. The predicted molar refractivity (Wildman–Crippen MR) is 68.1 cm³/mol. The molecule has 9 nitrogen and oxygen atoms in total. The SMILES string of the molecule is Cc1nc([N+](=O)[O-])cn1CC(=O)N(C)CCCC(=O)O. The first-order valence-electron chi connectivity index (χ1n) is 5.95. The van der Waals surface area contributed by atoms with Crippen LogP contribution in [0.1, 0.15) is 18.7 Å². The van der Waals surface area contributed by atoms with E-state index in [1.54, 1.807) is 14.0 Å². The number of likely N-dealkylation sites (N-methyl/N-ethyl adjacent to an activating group) is 1. The van der Waals surface area contributed by atoms with Crippen LogP contribution in [0.2, 0.25) is 0 Å². The Labute approximate surface area is 115 Å². The van der Waals surface area contributed by atoms with Gasteiger partial charge >= 0.3 is 11.8 Å². The lowest BCUT2D eigenvalue weighted by Gasteiger charge is -2.16. The summed E-state index contributed by atoms with van der Waals surface area (Å²) in [7, 11) is 1.56. The number of imidazole rings is 1. The van der Waals surface area contributed by atoms with Gasteiger partial charge < -0.3 is 20.1 Å². The van der Waals surface area contributed by atoms with Crippen LogP contribution >= 0.6 is 0 Å². The lowest BCUT2D eigenvalue weighted by molar-refractivity contribution is -0.389. The van der Waals surface area contributed by atoms with Crippen LogP contribution in [-0.4, -0.2) is 49.9 Å². The molecule has 1 aromatic heterocycles. The summed E-state index contributed by atoms with van der Waals surface area (Å²) >= 11 is 0. The molecule has 0 bridgehead atoms. The summed E-state index contributed by atoms with van der Waals surface area (Å²) in [6.45, 7) is 1.84. The van der Waals surface area contributed by atoms with Crippen molar-refractivity contribution in [3.63, 3.8) is 0 Å². The highest BCUT2D eigenvalue weighted by Crippen LogP contribution is 2.10. The molecule has 1 rings (SSSR count). The van der Waals surface area contributed by atoms with Crippen molar-refractivity contribution in [1.29, 1.82) is 0 Å². The third-order valence-electron chi connectivity index (χ3n) is 2.77. The monoisotopic (exact) mass is 284 g/mol. The zero-order valence-electron chi connectivity index (χ0n) is 11.3. The Kier molecular flexibility index (Phi) is 5.18. The minimum atomic E-state index is -0.910. The van der Waals surface area contributed by atoms with Crippen LogP contribution in [0, 0.1) is 17.0 Å². The molecule has 0 fully saturated rings. The van der Waals surface area contributed by atoms with Crippen LogP contribution in [0.4, 0.5) is 5.82 Å². The highest BCUT2D eigenvalue weighted by atomic mass is 16.6. The molecule has 0 aliphatic heterocycles. The first kappa shape index (κ1) is 15.6. The molecule has 0 saturated heterocycles. The van der Waals surface area contributed by atoms with Crippen molar-refractivity contribution in [3.05, 3.63) is 22.1 Å². The van der Waals surface area contributed by atoms with Crippen molar-refractivity contribution < 1.29 is 19.6 Å². The molecular weight excluding hydrogens is 268 g/mol. The topological polar surface area (TPSA) is 119 Å². The molecule has 1 aromatic rings. The fourth-order valence-corrected chi connectivity index (χ4v) is 1.60. The van der Waals surface area contributed by atoms with Gasteiger partial charge in [-0.25, -0.2) is 0 Å². The van der Waals surface area contributed by atoms with Gasteiger partial charge in [-0.05, 0) is 16.3 Å². The quantitative estimate of drug-likeness (QED) is 0.572. The third kappa shape index (κ3) is 4.34. The normalized spacial score (nSPS) is 10.3. The molecule has 9 heteroatoms. The van der Waals surface area contributed by atoms with E-state index in [1.807, 2.05) is 0 Å². The molecule has 0 saturated carbocycles. The summed E-state index contributed by atoms with van der Waals surface area (Å²) in [5.41, 5.74) is 0. The van der Waals surface area contributed by atoms with Crippen LogP contribution in [0.15, 0.2) is 6.20 Å². The molecule has 0 radical (unpaired) electrons. The molecule has 0 aliphatic carbocycles. The zero-order chi connectivity index (χ0) is 15.3. The van der Waals surface area contributed by atoms with E-state index in [2.05, 4.69) is 4.98 Å². The molecule has 0 aliphatic rings. The Morgan fingerprint density at radius 1 is 1.55 bits per heavy atom. The minimum absolute atomic E-state index is 0.00675. The zero-order valence-corrected chi connectivity index (χ0v) is 11.3. The Hall–Kier alpha value is -2.45. The van der Waals surface area contributed by atoms with E-state index in [0.717, 1.165) is 0 Å². The fourth-order valence-electron chi connectivity index (χ4n) is 1.60. The summed E-state index contributed by atoms with van der Waals surface area (Å²) in [5.74, 6) is -1.09. The number of rotatable bonds is 7. The number of hydrogen-bond donors (Lipinski definition) is 1. The lowest BCUT2D eigenvalue weighted by Crippen LogP contribution is -2.31. The van der Waals surface area contributed by atoms with Gasteiger partial charge in [0.2, 0.25) is 11.7 Å². The summed E-state index contributed by atoms with van der Waals surface area (Å²) in [5, 5.41) is 19.1. The van der Waals surface area contributed by atoms with Crippen LogP contribution < -0.4 is 0 Å². The maximum atomic E-state index is 11.9. The minimum Gasteiger partial charge on any atom is -0.481 e. The number of hydrogen-bond acceptors (Lipinski definition) is 5. The van der Waals surface area contributed by atoms with E-state index in [0.29, 0.717) is 18.8 Å². The molecule has 1 heterocycles. The van der Waals surface area contributed by atoms with E-state index < -0.39 is 10.9 Å². The molecule has 1 N–H and O–H groups in total. The second kappa shape index (κ2) is 6.64. The van der Waals surface area contributed by atoms with Gasteiger partial charge in [-0.1, -0.05) is 0 Å². The fraction of sp³-hybridized carbons (Fsp3) is 0.545. The second-order valence-electron chi connectivity index (χ2n) is 4.34. The van der Waals surface area contributed by atoms with Crippen molar-refractivity contribution in [2.45, 2.75) is 26.3 Å². The van der Waals surface area contributed by atoms with Crippen molar-refractivity contribution in [1.82, 2.24) is 14.5 Å². The van der Waals surface area contributed by atoms with Gasteiger partial charge in [0.1, 0.15) is 12.7 Å². The van der Waals surface area contributed by atoms with E-state index in [1.165, 1.54) is 15.7 Å². The molecule has 1 amide bonds. The lowest BCUT2D eigenvalue weighted by atomic mass is 10.3. The number of carboxylic acid groups (broad SMARTS) is 1. The maximum Gasteiger partial charge on any atom is 0.381 e. The van der Waals surface area contributed by atoms with Gasteiger partial charge in [-0.15, -0.1) is 0 Å². The Morgan fingerprint density at radius 2 is 2.20 bits per heavy atom. The summed E-state index contributed by atoms with van der Waals surface area (Å²) < 4.78 is 1.40. The summed E-state index contributed by atoms with van der Waals surface area (Å²) in [6.07, 6.45) is 1.56. The van der Waals surface area contributed by atoms with E-state index in [9.17, 15) is 19.7 Å². The number of aryl methyl sites for hydroxylation is 1. The van der Waals surface area contributed by atoms with Gasteiger partial charge in [0.25, 0.3) is 0 Å². The largest absolute Gasteiger partial charge is 0.481 e. The van der Waals surface area contributed by atoms with Gasteiger partial charge in [-0.3, -0.25) is 14.2 Å². The van der Waals surface area contributed by atoms with E-state index in [4.69, 9.17) is 5.11 Å². The number of aliphatic carboxylic acids is 1. The molecule has 110 valence electrons. The molecule has 0 aromatic carbocycles. The standard InChI is InChI=1S/C11H16N4O5/c1-8-12-9(15(19)20)6-14(8)7-10(16)13(2)5-3-4-11(17)18/h6H,3-5,7H2,1-2H3,(H,17,18). The number of nitro groups is 1. The van der Waals surface area contributed by atoms with Gasteiger partial charge in [0, 0.05) is 26.9 Å². The Morgan fingerprint density at radius 3 is 2.70 bits per heavy atom. The molecule has 0 spiro atoms. The Balaban J connectivity index is 2.57. The second-order valence-corrected chi connectivity index (χ2v) is 4.34. The van der Waals surface area contributed by atoms with Crippen molar-refractivity contribution in [2.24, 2.45) is 0 Å². The third-order valence-corrected chi connectivity index (χ3v) is 2.77. The van der Waals surface area contributed by atoms with Gasteiger partial charge in [0.05, 0.1) is 0 Å². The van der Waals surface area contributed by atoms with Crippen LogP contribution in [0.3, 0.4) is 0 Å². The van der Waals surface area contributed by atoms with Crippen LogP contribution in [0.25, 0.3) is 0 Å². The number of carbonyl (C=O) groups excluding carboxylic acids is 1. The van der Waals surface area contributed by atoms with Gasteiger partial charge in [-0.2, -0.15) is 0 Å². The molecule has 0 unspecified atom stereocenters. The predicted octanol–water partition coefficient (Wildman–Crippen LogP) is 0.423. The smallest absolute Gasteiger partial charge is 0.381 e. The molecule has 20 heavy (non-hydrogen) atoms. The van der Waals surface area contributed by atoms with Crippen LogP contribution in [-0.2, 0) is 16.1 Å². The highest BCUT2D eigenvalue weighted by molar-refractivity contribution is 5.76. The molecule has 0 atom stereocenters.